The predicted molar refractivity (Wildman–Crippen MR) is 66.7 cm³/mol. The van der Waals surface area contributed by atoms with Crippen molar-refractivity contribution in [3.8, 4) is 0 Å². The Morgan fingerprint density at radius 1 is 1.38 bits per heavy atom. The van der Waals surface area contributed by atoms with E-state index in [1.54, 1.807) is 4.90 Å². The van der Waals surface area contributed by atoms with Crippen LogP contribution < -0.4 is 5.32 Å². The van der Waals surface area contributed by atoms with E-state index in [1.807, 2.05) is 38.4 Å². The Hall–Kier alpha value is -1.35. The standard InChI is InChI=1S/C13H20N2O/c1-4-11-7-5-6-8-12(11)13(16)15(3)10-9-14-2/h5-8,14H,4,9-10H2,1-3H3. The summed E-state index contributed by atoms with van der Waals surface area (Å²) in [6, 6.07) is 7.80. The summed E-state index contributed by atoms with van der Waals surface area (Å²) in [4.78, 5) is 13.9. The van der Waals surface area contributed by atoms with Crippen molar-refractivity contribution in [3.05, 3.63) is 35.4 Å². The molecule has 0 heterocycles. The van der Waals surface area contributed by atoms with E-state index in [-0.39, 0.29) is 5.91 Å². The SMILES string of the molecule is CCc1ccccc1C(=O)N(C)CCNC. The first-order valence-corrected chi connectivity index (χ1v) is 5.68. The Morgan fingerprint density at radius 3 is 2.69 bits per heavy atom. The number of aryl methyl sites for hydroxylation is 1. The number of hydrogen-bond acceptors (Lipinski definition) is 2. The molecule has 0 aliphatic heterocycles. The zero-order chi connectivity index (χ0) is 12.0. The fourth-order valence-electron chi connectivity index (χ4n) is 1.62. The number of hydrogen-bond donors (Lipinski definition) is 1. The maximum Gasteiger partial charge on any atom is 0.253 e. The Kier molecular flexibility index (Phi) is 4.99. The normalized spacial score (nSPS) is 10.2. The molecule has 0 aliphatic carbocycles. The first-order chi connectivity index (χ1) is 7.70. The molecule has 0 saturated heterocycles. The Labute approximate surface area is 97.5 Å². The molecular formula is C13H20N2O. The average molecular weight is 220 g/mol. The highest BCUT2D eigenvalue weighted by Gasteiger charge is 2.13. The Morgan fingerprint density at radius 2 is 2.06 bits per heavy atom. The summed E-state index contributed by atoms with van der Waals surface area (Å²) >= 11 is 0. The number of likely N-dealkylation sites (N-methyl/N-ethyl adjacent to an activating group) is 2. The monoisotopic (exact) mass is 220 g/mol. The molecule has 0 bridgehead atoms. The minimum absolute atomic E-state index is 0.104. The second-order valence-corrected chi connectivity index (χ2v) is 3.84. The maximum absolute atomic E-state index is 12.1. The Balaban J connectivity index is 2.79. The molecule has 1 amide bonds. The van der Waals surface area contributed by atoms with E-state index in [4.69, 9.17) is 0 Å². The summed E-state index contributed by atoms with van der Waals surface area (Å²) in [7, 11) is 3.73. The van der Waals surface area contributed by atoms with Crippen LogP contribution in [0.3, 0.4) is 0 Å². The van der Waals surface area contributed by atoms with Crippen molar-refractivity contribution in [2.45, 2.75) is 13.3 Å². The van der Waals surface area contributed by atoms with Gasteiger partial charge in [-0.15, -0.1) is 0 Å². The lowest BCUT2D eigenvalue weighted by atomic mass is 10.0. The van der Waals surface area contributed by atoms with Gasteiger partial charge in [-0.2, -0.15) is 0 Å². The second kappa shape index (κ2) is 6.28. The fraction of sp³-hybridized carbons (Fsp3) is 0.462. The number of carbonyl (C=O) groups is 1. The van der Waals surface area contributed by atoms with Crippen molar-refractivity contribution in [3.63, 3.8) is 0 Å². The molecule has 0 fully saturated rings. The highest BCUT2D eigenvalue weighted by Crippen LogP contribution is 2.11. The van der Waals surface area contributed by atoms with Crippen molar-refractivity contribution in [1.82, 2.24) is 10.2 Å². The molecule has 1 N–H and O–H groups in total. The zero-order valence-electron chi connectivity index (χ0n) is 10.3. The van der Waals surface area contributed by atoms with Gasteiger partial charge >= 0.3 is 0 Å². The summed E-state index contributed by atoms with van der Waals surface area (Å²) in [5, 5.41) is 3.04. The van der Waals surface area contributed by atoms with Gasteiger partial charge in [-0.1, -0.05) is 25.1 Å². The van der Waals surface area contributed by atoms with Crippen LogP contribution in [0.1, 0.15) is 22.8 Å². The van der Waals surface area contributed by atoms with Crippen LogP contribution in [-0.2, 0) is 6.42 Å². The van der Waals surface area contributed by atoms with Gasteiger partial charge in [-0.05, 0) is 25.1 Å². The smallest absolute Gasteiger partial charge is 0.253 e. The third-order valence-electron chi connectivity index (χ3n) is 2.67. The van der Waals surface area contributed by atoms with Gasteiger partial charge in [0, 0.05) is 25.7 Å². The fourth-order valence-corrected chi connectivity index (χ4v) is 1.62. The van der Waals surface area contributed by atoms with E-state index in [0.717, 1.165) is 30.6 Å². The maximum atomic E-state index is 12.1. The number of benzene rings is 1. The van der Waals surface area contributed by atoms with Gasteiger partial charge in [0.05, 0.1) is 0 Å². The molecule has 3 nitrogen and oxygen atoms in total. The quantitative estimate of drug-likeness (QED) is 0.816. The van der Waals surface area contributed by atoms with Gasteiger partial charge < -0.3 is 10.2 Å². The average Bonchev–Trinajstić information content (AvgIpc) is 2.34. The molecule has 0 aliphatic rings. The van der Waals surface area contributed by atoms with Crippen molar-refractivity contribution in [1.29, 1.82) is 0 Å². The highest BCUT2D eigenvalue weighted by molar-refractivity contribution is 5.95. The molecule has 0 atom stereocenters. The van der Waals surface area contributed by atoms with Crippen LogP contribution in [-0.4, -0.2) is 38.0 Å². The van der Waals surface area contributed by atoms with E-state index < -0.39 is 0 Å². The number of nitrogens with one attached hydrogen (secondary N) is 1. The summed E-state index contributed by atoms with van der Waals surface area (Å²) < 4.78 is 0. The first-order valence-electron chi connectivity index (χ1n) is 5.68. The lowest BCUT2D eigenvalue weighted by molar-refractivity contribution is 0.0796. The number of carbonyl (C=O) groups excluding carboxylic acids is 1. The molecule has 0 aromatic heterocycles. The van der Waals surface area contributed by atoms with Crippen molar-refractivity contribution < 1.29 is 4.79 Å². The van der Waals surface area contributed by atoms with E-state index in [2.05, 4.69) is 12.2 Å². The van der Waals surface area contributed by atoms with Gasteiger partial charge in [0.15, 0.2) is 0 Å². The minimum Gasteiger partial charge on any atom is -0.340 e. The first kappa shape index (κ1) is 12.7. The van der Waals surface area contributed by atoms with Crippen molar-refractivity contribution in [2.75, 3.05) is 27.2 Å². The molecule has 3 heteroatoms. The molecule has 88 valence electrons. The van der Waals surface area contributed by atoms with Gasteiger partial charge in [0.2, 0.25) is 0 Å². The molecular weight excluding hydrogens is 200 g/mol. The molecule has 0 unspecified atom stereocenters. The molecule has 0 saturated carbocycles. The molecule has 16 heavy (non-hydrogen) atoms. The highest BCUT2D eigenvalue weighted by atomic mass is 16.2. The number of nitrogens with zero attached hydrogens (tertiary/aromatic N) is 1. The molecule has 0 radical (unpaired) electrons. The minimum atomic E-state index is 0.104. The lowest BCUT2D eigenvalue weighted by Crippen LogP contribution is -2.33. The van der Waals surface area contributed by atoms with Crippen LogP contribution in [0.15, 0.2) is 24.3 Å². The van der Waals surface area contributed by atoms with E-state index in [0.29, 0.717) is 0 Å². The Bertz CT molecular complexity index is 350. The lowest BCUT2D eigenvalue weighted by Gasteiger charge is -2.18. The summed E-state index contributed by atoms with van der Waals surface area (Å²) in [6.45, 7) is 3.61. The van der Waals surface area contributed by atoms with Crippen LogP contribution in [0, 0.1) is 0 Å². The summed E-state index contributed by atoms with van der Waals surface area (Å²) in [5.41, 5.74) is 1.94. The zero-order valence-corrected chi connectivity index (χ0v) is 10.3. The van der Waals surface area contributed by atoms with Crippen LogP contribution in [0.5, 0.6) is 0 Å². The van der Waals surface area contributed by atoms with E-state index in [1.165, 1.54) is 0 Å². The number of amides is 1. The second-order valence-electron chi connectivity index (χ2n) is 3.84. The summed E-state index contributed by atoms with van der Waals surface area (Å²) in [5.74, 6) is 0.104. The third-order valence-corrected chi connectivity index (χ3v) is 2.67. The molecule has 1 aromatic rings. The van der Waals surface area contributed by atoms with E-state index in [9.17, 15) is 4.79 Å². The molecule has 1 aromatic carbocycles. The molecule has 1 rings (SSSR count). The number of rotatable bonds is 5. The van der Waals surface area contributed by atoms with E-state index >= 15 is 0 Å². The van der Waals surface area contributed by atoms with Gasteiger partial charge in [0.25, 0.3) is 5.91 Å². The topological polar surface area (TPSA) is 32.3 Å². The van der Waals surface area contributed by atoms with Gasteiger partial charge in [-0.3, -0.25) is 4.79 Å². The predicted octanol–water partition coefficient (Wildman–Crippen LogP) is 1.54. The molecule has 0 spiro atoms. The summed E-state index contributed by atoms with van der Waals surface area (Å²) in [6.07, 6.45) is 0.891. The largest absolute Gasteiger partial charge is 0.340 e. The van der Waals surface area contributed by atoms with Crippen LogP contribution in [0.4, 0.5) is 0 Å². The van der Waals surface area contributed by atoms with Crippen molar-refractivity contribution in [2.24, 2.45) is 0 Å². The van der Waals surface area contributed by atoms with Crippen LogP contribution in [0.2, 0.25) is 0 Å². The third kappa shape index (κ3) is 3.07. The van der Waals surface area contributed by atoms with Gasteiger partial charge in [-0.25, -0.2) is 0 Å². The van der Waals surface area contributed by atoms with Crippen LogP contribution >= 0.6 is 0 Å². The van der Waals surface area contributed by atoms with Crippen molar-refractivity contribution >= 4 is 5.91 Å². The van der Waals surface area contributed by atoms with Crippen LogP contribution in [0.25, 0.3) is 0 Å². The van der Waals surface area contributed by atoms with Gasteiger partial charge in [0.1, 0.15) is 0 Å².